The average molecular weight is 349 g/mol. The number of hydrogen-bond acceptors (Lipinski definition) is 4. The van der Waals surface area contributed by atoms with Gasteiger partial charge in [-0.3, -0.25) is 9.10 Å². The van der Waals surface area contributed by atoms with Gasteiger partial charge in [-0.1, -0.05) is 0 Å². The molecule has 0 bridgehead atoms. The van der Waals surface area contributed by atoms with Gasteiger partial charge in [-0.15, -0.1) is 15.7 Å². The van der Waals surface area contributed by atoms with Crippen LogP contribution in [0.4, 0.5) is 0 Å². The van der Waals surface area contributed by atoms with E-state index in [1.165, 1.54) is 31.4 Å². The number of hydrogen-bond donors (Lipinski definition) is 0. The fourth-order valence-electron chi connectivity index (χ4n) is 1.45. The molecule has 2 rings (SSSR count). The first-order valence-corrected chi connectivity index (χ1v) is 7.89. The molecule has 1 aromatic heterocycles. The molecule has 1 aliphatic rings. The van der Waals surface area contributed by atoms with Crippen molar-refractivity contribution in [2.24, 2.45) is 4.40 Å². The summed E-state index contributed by atoms with van der Waals surface area (Å²) in [5.74, 6) is -0.316. The third-order valence-corrected chi connectivity index (χ3v) is 5.32. The number of halogens is 1. The Morgan fingerprint density at radius 3 is 2.61 bits per heavy atom. The number of allylic oxidation sites excluding steroid dienone is 2. The molecule has 0 N–H and O–H groups in total. The second-order valence-electron chi connectivity index (χ2n) is 3.61. The van der Waals surface area contributed by atoms with Crippen molar-refractivity contribution in [2.45, 2.75) is 6.92 Å². The van der Waals surface area contributed by atoms with Crippen LogP contribution in [0.25, 0.3) is 0 Å². The Morgan fingerprint density at radius 1 is 1.44 bits per heavy atom. The maximum atomic E-state index is 11.8. The van der Waals surface area contributed by atoms with Gasteiger partial charge in [0.25, 0.3) is 0 Å². The van der Waals surface area contributed by atoms with Gasteiger partial charge in [0.05, 0.1) is 20.1 Å². The van der Waals surface area contributed by atoms with Crippen LogP contribution in [-0.4, -0.2) is 31.3 Å². The molecule has 5 nitrogen and oxygen atoms in total. The van der Waals surface area contributed by atoms with E-state index in [4.69, 9.17) is 0 Å². The van der Waals surface area contributed by atoms with Crippen LogP contribution in [0.2, 0.25) is 0 Å². The molecule has 8 heteroatoms. The van der Waals surface area contributed by atoms with Crippen LogP contribution in [0.5, 0.6) is 0 Å². The lowest BCUT2D eigenvalue weighted by Gasteiger charge is -2.21. The van der Waals surface area contributed by atoms with Crippen LogP contribution < -0.4 is 0 Å². The molecule has 0 amide bonds. The van der Waals surface area contributed by atoms with E-state index in [-0.39, 0.29) is 17.2 Å². The Kier molecular flexibility index (Phi) is 3.43. The largest absolute Gasteiger partial charge is 0.345 e. The smallest absolute Gasteiger partial charge is 0.293 e. The second kappa shape index (κ2) is 4.60. The molecule has 0 spiro atoms. The molecule has 2 heterocycles. The highest BCUT2D eigenvalue weighted by Gasteiger charge is 2.28. The Morgan fingerprint density at radius 2 is 2.11 bits per heavy atom. The molecule has 0 saturated carbocycles. The number of ketones is 1. The Labute approximate surface area is 117 Å². The zero-order chi connectivity index (χ0) is 13.5. The fourth-order valence-corrected chi connectivity index (χ4v) is 3.80. The van der Waals surface area contributed by atoms with E-state index in [9.17, 15) is 13.2 Å². The van der Waals surface area contributed by atoms with E-state index in [0.29, 0.717) is 4.88 Å². The molecular formula is C10H9BrN2O3S2. The monoisotopic (exact) mass is 348 g/mol. The second-order valence-corrected chi connectivity index (χ2v) is 7.70. The van der Waals surface area contributed by atoms with E-state index in [2.05, 4.69) is 20.3 Å². The minimum atomic E-state index is -3.82. The molecule has 1 aromatic rings. The number of carbonyl (C=O) groups is 1. The third kappa shape index (κ3) is 2.40. The van der Waals surface area contributed by atoms with Gasteiger partial charge in [0.15, 0.2) is 5.78 Å². The van der Waals surface area contributed by atoms with Gasteiger partial charge in [0.1, 0.15) is 0 Å². The van der Waals surface area contributed by atoms with E-state index in [0.717, 1.165) is 8.09 Å². The summed E-state index contributed by atoms with van der Waals surface area (Å²) in [5, 5.41) is 0. The topological polar surface area (TPSA) is 66.8 Å². The van der Waals surface area contributed by atoms with Crippen LogP contribution >= 0.6 is 27.3 Å². The van der Waals surface area contributed by atoms with E-state index < -0.39 is 10.2 Å². The minimum Gasteiger partial charge on any atom is -0.293 e. The van der Waals surface area contributed by atoms with Crippen molar-refractivity contribution in [3.8, 4) is 0 Å². The van der Waals surface area contributed by atoms with Crippen molar-refractivity contribution in [3.05, 3.63) is 32.6 Å². The molecule has 18 heavy (non-hydrogen) atoms. The minimum absolute atomic E-state index is 0.115. The molecule has 0 saturated heterocycles. The lowest BCUT2D eigenvalue weighted by atomic mass is 10.2. The van der Waals surface area contributed by atoms with Gasteiger partial charge in [-0.2, -0.15) is 8.42 Å². The van der Waals surface area contributed by atoms with Crippen LogP contribution in [0.1, 0.15) is 11.8 Å². The summed E-state index contributed by atoms with van der Waals surface area (Å²) in [5.41, 5.74) is 0.401. The Balaban J connectivity index is 2.58. The van der Waals surface area contributed by atoms with Crippen molar-refractivity contribution >= 4 is 49.0 Å². The zero-order valence-electron chi connectivity index (χ0n) is 9.55. The normalized spacial score (nSPS) is 18.3. The molecule has 96 valence electrons. The third-order valence-electron chi connectivity index (χ3n) is 2.36. The highest BCUT2D eigenvalue weighted by atomic mass is 79.9. The molecule has 0 fully saturated rings. The predicted octanol–water partition coefficient (Wildman–Crippen LogP) is 1.96. The summed E-state index contributed by atoms with van der Waals surface area (Å²) >= 11 is 4.66. The molecule has 0 radical (unpaired) electrons. The first-order chi connectivity index (χ1) is 8.31. The van der Waals surface area contributed by atoms with Crippen LogP contribution in [0.3, 0.4) is 0 Å². The number of likely N-dealkylation sites (N-methyl/N-ethyl adjacent to an activating group) is 1. The summed E-state index contributed by atoms with van der Waals surface area (Å²) in [6.07, 6.45) is 1.49. The van der Waals surface area contributed by atoms with Crippen LogP contribution in [0, 0.1) is 0 Å². The lowest BCUT2D eigenvalue weighted by Crippen LogP contribution is -2.32. The van der Waals surface area contributed by atoms with Gasteiger partial charge >= 0.3 is 10.2 Å². The molecule has 0 unspecified atom stereocenters. The first-order valence-electron chi connectivity index (χ1n) is 4.88. The molecule has 0 atom stereocenters. The number of nitrogens with zero attached hydrogens (tertiary/aromatic N) is 2. The quantitative estimate of drug-likeness (QED) is 0.820. The van der Waals surface area contributed by atoms with Gasteiger partial charge < -0.3 is 0 Å². The molecular weight excluding hydrogens is 340 g/mol. The summed E-state index contributed by atoms with van der Waals surface area (Å²) in [4.78, 5) is 12.1. The fraction of sp³-hybridized carbons (Fsp3) is 0.200. The highest BCUT2D eigenvalue weighted by molar-refractivity contribution is 9.11. The molecule has 0 aliphatic carbocycles. The lowest BCUT2D eigenvalue weighted by molar-refractivity contribution is -0.114. The molecule has 0 aromatic carbocycles. The summed E-state index contributed by atoms with van der Waals surface area (Å²) in [6.45, 7) is 1.32. The number of rotatable bonds is 2. The standard InChI is InChI=1S/C10H9BrN2O3S2/c1-6(14)8-5-7(9-3-4-10(11)17-9)12-18(15,16)13(8)2/h3-5H,1-2H3. The highest BCUT2D eigenvalue weighted by Crippen LogP contribution is 2.26. The summed E-state index contributed by atoms with van der Waals surface area (Å²) in [6, 6.07) is 3.55. The summed E-state index contributed by atoms with van der Waals surface area (Å²) < 4.78 is 29.1. The van der Waals surface area contributed by atoms with Gasteiger partial charge in [0, 0.05) is 14.0 Å². The first kappa shape index (κ1) is 13.4. The predicted molar refractivity (Wildman–Crippen MR) is 74.0 cm³/mol. The maximum Gasteiger partial charge on any atom is 0.345 e. The number of Topliss-reactive ketones (excluding diaryl/α,β-unsaturated/α-hetero) is 1. The maximum absolute atomic E-state index is 11.8. The van der Waals surface area contributed by atoms with Crippen molar-refractivity contribution in [1.82, 2.24) is 4.31 Å². The Bertz CT molecular complexity index is 673. The number of carbonyl (C=O) groups excluding carboxylic acids is 1. The van der Waals surface area contributed by atoms with E-state index in [1.807, 2.05) is 0 Å². The van der Waals surface area contributed by atoms with Gasteiger partial charge in [0.2, 0.25) is 0 Å². The number of thiophene rings is 1. The van der Waals surface area contributed by atoms with Crippen molar-refractivity contribution < 1.29 is 13.2 Å². The van der Waals surface area contributed by atoms with Crippen LogP contribution in [-0.2, 0) is 15.0 Å². The van der Waals surface area contributed by atoms with Crippen molar-refractivity contribution in [2.75, 3.05) is 7.05 Å². The van der Waals surface area contributed by atoms with Crippen molar-refractivity contribution in [1.29, 1.82) is 0 Å². The Hall–Kier alpha value is -0.990. The zero-order valence-corrected chi connectivity index (χ0v) is 12.8. The van der Waals surface area contributed by atoms with Gasteiger partial charge in [-0.05, 0) is 34.1 Å². The summed E-state index contributed by atoms with van der Waals surface area (Å²) in [7, 11) is -2.51. The van der Waals surface area contributed by atoms with E-state index >= 15 is 0 Å². The van der Waals surface area contributed by atoms with Gasteiger partial charge in [-0.25, -0.2) is 0 Å². The van der Waals surface area contributed by atoms with Crippen LogP contribution in [0.15, 0.2) is 32.1 Å². The average Bonchev–Trinajstić information content (AvgIpc) is 2.68. The SMILES string of the molecule is CC(=O)C1=CC(c2ccc(Br)s2)=NS(=O)(=O)N1C. The molecule has 1 aliphatic heterocycles. The van der Waals surface area contributed by atoms with Crippen molar-refractivity contribution in [3.63, 3.8) is 0 Å². The van der Waals surface area contributed by atoms with E-state index in [1.54, 1.807) is 12.1 Å².